The number of aromatic nitrogens is 2. The van der Waals surface area contributed by atoms with Crippen LogP contribution in [0.2, 0.25) is 10.0 Å². The quantitative estimate of drug-likeness (QED) is 0.535. The average Bonchev–Trinajstić information content (AvgIpc) is 2.45. The molecule has 0 bridgehead atoms. The Morgan fingerprint density at radius 3 is 1.50 bits per heavy atom. The lowest BCUT2D eigenvalue weighted by Crippen LogP contribution is -1.95. The predicted octanol–water partition coefficient (Wildman–Crippen LogP) is 3.71. The van der Waals surface area contributed by atoms with Gasteiger partial charge in [-0.2, -0.15) is 0 Å². The standard InChI is InChI=1S/C14H6Cl2N2O2/c15-9-1-7(5-19)13-11(3-9)12-4-10(16)2-8(6-20)14(12)18-17-13/h1-6H. The smallest absolute Gasteiger partial charge is 0.152 e. The third-order valence-electron chi connectivity index (χ3n) is 3.00. The molecule has 0 unspecified atom stereocenters. The Labute approximate surface area is 123 Å². The monoisotopic (exact) mass is 304 g/mol. The summed E-state index contributed by atoms with van der Waals surface area (Å²) in [5.74, 6) is 0. The molecule has 2 aromatic carbocycles. The van der Waals surface area contributed by atoms with Crippen molar-refractivity contribution in [1.82, 2.24) is 10.2 Å². The molecule has 0 saturated carbocycles. The molecular weight excluding hydrogens is 299 g/mol. The summed E-state index contributed by atoms with van der Waals surface area (Å²) >= 11 is 12.0. The number of hydrogen-bond donors (Lipinski definition) is 0. The molecule has 0 N–H and O–H groups in total. The molecule has 3 aromatic rings. The van der Waals surface area contributed by atoms with E-state index in [4.69, 9.17) is 23.2 Å². The van der Waals surface area contributed by atoms with E-state index in [9.17, 15) is 9.59 Å². The van der Waals surface area contributed by atoms with Crippen LogP contribution in [0.4, 0.5) is 0 Å². The molecule has 0 atom stereocenters. The Morgan fingerprint density at radius 1 is 0.750 bits per heavy atom. The van der Waals surface area contributed by atoms with E-state index in [1.54, 1.807) is 12.1 Å². The highest BCUT2D eigenvalue weighted by molar-refractivity contribution is 6.34. The summed E-state index contributed by atoms with van der Waals surface area (Å²) < 4.78 is 0. The molecule has 0 saturated heterocycles. The zero-order valence-corrected chi connectivity index (χ0v) is 11.4. The summed E-state index contributed by atoms with van der Waals surface area (Å²) in [6.07, 6.45) is 1.33. The van der Waals surface area contributed by atoms with Crippen LogP contribution < -0.4 is 0 Å². The SMILES string of the molecule is O=Cc1cc(Cl)cc2c1nnc1c(C=O)cc(Cl)cc12. The normalized spacial score (nSPS) is 10.9. The number of nitrogens with zero attached hydrogens (tertiary/aromatic N) is 2. The molecule has 0 aliphatic heterocycles. The minimum Gasteiger partial charge on any atom is -0.298 e. The number of benzene rings is 2. The van der Waals surface area contributed by atoms with Crippen LogP contribution in [0.3, 0.4) is 0 Å². The fraction of sp³-hybridized carbons (Fsp3) is 0. The van der Waals surface area contributed by atoms with Crippen molar-refractivity contribution in [1.29, 1.82) is 0 Å². The largest absolute Gasteiger partial charge is 0.298 e. The van der Waals surface area contributed by atoms with E-state index in [1.165, 1.54) is 12.1 Å². The second-order valence-corrected chi connectivity index (χ2v) is 5.09. The van der Waals surface area contributed by atoms with Gasteiger partial charge in [0.25, 0.3) is 0 Å². The number of aldehydes is 2. The maximum Gasteiger partial charge on any atom is 0.152 e. The van der Waals surface area contributed by atoms with Gasteiger partial charge in [0.05, 0.1) is 0 Å². The fourth-order valence-corrected chi connectivity index (χ4v) is 2.61. The number of carbonyl (C=O) groups excluding carboxylic acids is 2. The second-order valence-electron chi connectivity index (χ2n) is 4.22. The van der Waals surface area contributed by atoms with Crippen LogP contribution in [-0.2, 0) is 0 Å². The summed E-state index contributed by atoms with van der Waals surface area (Å²) in [7, 11) is 0. The summed E-state index contributed by atoms with van der Waals surface area (Å²) in [6, 6.07) is 6.38. The van der Waals surface area contributed by atoms with Crippen molar-refractivity contribution in [3.05, 3.63) is 45.4 Å². The van der Waals surface area contributed by atoms with Crippen LogP contribution in [0.1, 0.15) is 20.7 Å². The zero-order chi connectivity index (χ0) is 14.3. The van der Waals surface area contributed by atoms with Gasteiger partial charge in [-0.05, 0) is 24.3 Å². The van der Waals surface area contributed by atoms with Crippen molar-refractivity contribution in [2.24, 2.45) is 0 Å². The van der Waals surface area contributed by atoms with Crippen LogP contribution in [0.5, 0.6) is 0 Å². The number of halogens is 2. The van der Waals surface area contributed by atoms with E-state index >= 15 is 0 Å². The topological polar surface area (TPSA) is 59.9 Å². The van der Waals surface area contributed by atoms with Gasteiger partial charge in [0.2, 0.25) is 0 Å². The third kappa shape index (κ3) is 1.94. The summed E-state index contributed by atoms with van der Waals surface area (Å²) in [6.45, 7) is 0. The first kappa shape index (κ1) is 13.0. The molecule has 0 aliphatic carbocycles. The van der Waals surface area contributed by atoms with Crippen LogP contribution in [0.15, 0.2) is 24.3 Å². The molecule has 6 heteroatoms. The van der Waals surface area contributed by atoms with Crippen LogP contribution in [0.25, 0.3) is 21.8 Å². The van der Waals surface area contributed by atoms with Crippen molar-refractivity contribution >= 4 is 57.6 Å². The number of fused-ring (bicyclic) bond motifs is 3. The minimum absolute atomic E-state index is 0.342. The lowest BCUT2D eigenvalue weighted by atomic mass is 10.0. The third-order valence-corrected chi connectivity index (χ3v) is 3.44. The fourth-order valence-electron chi connectivity index (χ4n) is 2.15. The number of hydrogen-bond acceptors (Lipinski definition) is 4. The Balaban J connectivity index is 2.59. The van der Waals surface area contributed by atoms with Gasteiger partial charge in [-0.25, -0.2) is 0 Å². The molecule has 0 spiro atoms. The molecule has 98 valence electrons. The molecule has 1 aromatic heterocycles. The number of rotatable bonds is 2. The maximum atomic E-state index is 11.1. The summed E-state index contributed by atoms with van der Waals surface area (Å²) in [5, 5.41) is 10.1. The van der Waals surface area contributed by atoms with Crippen molar-refractivity contribution in [3.8, 4) is 0 Å². The van der Waals surface area contributed by atoms with Gasteiger partial charge in [-0.3, -0.25) is 9.59 Å². The van der Waals surface area contributed by atoms with Gasteiger partial charge < -0.3 is 0 Å². The molecule has 0 amide bonds. The average molecular weight is 305 g/mol. The van der Waals surface area contributed by atoms with E-state index < -0.39 is 0 Å². The first-order valence-corrected chi connectivity index (χ1v) is 6.39. The van der Waals surface area contributed by atoms with E-state index in [0.717, 1.165) is 0 Å². The Morgan fingerprint density at radius 2 is 1.15 bits per heavy atom. The Bertz CT molecular complexity index is 805. The first-order chi connectivity index (χ1) is 9.63. The van der Waals surface area contributed by atoms with E-state index in [-0.39, 0.29) is 0 Å². The first-order valence-electron chi connectivity index (χ1n) is 5.63. The summed E-state index contributed by atoms with van der Waals surface area (Å²) in [4.78, 5) is 22.2. The van der Waals surface area contributed by atoms with Crippen LogP contribution >= 0.6 is 23.2 Å². The van der Waals surface area contributed by atoms with Crippen molar-refractivity contribution in [2.75, 3.05) is 0 Å². The molecule has 4 nitrogen and oxygen atoms in total. The second kappa shape index (κ2) is 4.81. The minimum atomic E-state index is 0.342. The van der Waals surface area contributed by atoms with Gasteiger partial charge in [0.15, 0.2) is 12.6 Å². The maximum absolute atomic E-state index is 11.1. The van der Waals surface area contributed by atoms with Gasteiger partial charge in [-0.15, -0.1) is 10.2 Å². The van der Waals surface area contributed by atoms with E-state index in [1.807, 2.05) is 0 Å². The lowest BCUT2D eigenvalue weighted by molar-refractivity contribution is 0.111. The molecule has 3 rings (SSSR count). The molecular formula is C14H6Cl2N2O2. The molecule has 0 aliphatic rings. The van der Waals surface area contributed by atoms with Crippen molar-refractivity contribution in [3.63, 3.8) is 0 Å². The molecule has 1 heterocycles. The summed E-state index contributed by atoms with van der Waals surface area (Å²) in [5.41, 5.74) is 1.54. The molecule has 0 fully saturated rings. The lowest BCUT2D eigenvalue weighted by Gasteiger charge is -2.07. The highest BCUT2D eigenvalue weighted by Gasteiger charge is 2.12. The predicted molar refractivity (Wildman–Crippen MR) is 77.8 cm³/mol. The highest BCUT2D eigenvalue weighted by Crippen LogP contribution is 2.30. The van der Waals surface area contributed by atoms with Gasteiger partial charge >= 0.3 is 0 Å². The van der Waals surface area contributed by atoms with Crippen LogP contribution in [0, 0.1) is 0 Å². The Kier molecular flexibility index (Phi) is 3.12. The zero-order valence-electron chi connectivity index (χ0n) is 9.93. The number of carbonyl (C=O) groups is 2. The van der Waals surface area contributed by atoms with E-state index in [0.29, 0.717) is 55.6 Å². The van der Waals surface area contributed by atoms with Gasteiger partial charge in [0.1, 0.15) is 11.0 Å². The van der Waals surface area contributed by atoms with Crippen molar-refractivity contribution in [2.45, 2.75) is 0 Å². The van der Waals surface area contributed by atoms with E-state index in [2.05, 4.69) is 10.2 Å². The van der Waals surface area contributed by atoms with Gasteiger partial charge in [0, 0.05) is 31.9 Å². The Hall–Kier alpha value is -2.04. The molecule has 20 heavy (non-hydrogen) atoms. The van der Waals surface area contributed by atoms with Crippen molar-refractivity contribution < 1.29 is 9.59 Å². The van der Waals surface area contributed by atoms with Gasteiger partial charge in [-0.1, -0.05) is 23.2 Å². The van der Waals surface area contributed by atoms with Crippen LogP contribution in [-0.4, -0.2) is 22.8 Å². The molecule has 0 radical (unpaired) electrons. The highest BCUT2D eigenvalue weighted by atomic mass is 35.5.